The van der Waals surface area contributed by atoms with E-state index in [1.54, 1.807) is 14.2 Å². The summed E-state index contributed by atoms with van der Waals surface area (Å²) >= 11 is 0. The van der Waals surface area contributed by atoms with Crippen molar-refractivity contribution >= 4 is 0 Å². The molecule has 0 aromatic heterocycles. The molecule has 1 N–H and O–H groups in total. The fourth-order valence-electron chi connectivity index (χ4n) is 2.64. The Kier molecular flexibility index (Phi) is 4.04. The molecular weight excluding hydrogens is 238 g/mol. The number of ether oxygens (including phenoxy) is 2. The Morgan fingerprint density at radius 2 is 1.74 bits per heavy atom. The zero-order chi connectivity index (χ0) is 14.0. The first-order chi connectivity index (χ1) is 9.02. The van der Waals surface area contributed by atoms with Crippen LogP contribution in [-0.4, -0.2) is 26.8 Å². The molecule has 3 heteroatoms. The second-order valence-electron chi connectivity index (χ2n) is 5.84. The molecule has 1 aliphatic carbocycles. The molecule has 1 aromatic carbocycles. The number of hydrogen-bond donors (Lipinski definition) is 1. The molecule has 0 unspecified atom stereocenters. The lowest BCUT2D eigenvalue weighted by Gasteiger charge is -2.22. The second-order valence-corrected chi connectivity index (χ2v) is 5.84. The highest BCUT2D eigenvalue weighted by Crippen LogP contribution is 2.50. The van der Waals surface area contributed by atoms with Crippen LogP contribution in [0.25, 0.3) is 0 Å². The fraction of sp³-hybridized carbons (Fsp3) is 0.625. The monoisotopic (exact) mass is 263 g/mol. The molecule has 0 aliphatic heterocycles. The Bertz CT molecular complexity index is 450. The summed E-state index contributed by atoms with van der Waals surface area (Å²) in [5.41, 5.74) is 2.99. The van der Waals surface area contributed by atoms with Crippen molar-refractivity contribution in [2.24, 2.45) is 0 Å². The van der Waals surface area contributed by atoms with Crippen molar-refractivity contribution in [3.05, 3.63) is 23.3 Å². The first-order valence-corrected chi connectivity index (χ1v) is 6.99. The highest BCUT2D eigenvalue weighted by atomic mass is 16.5. The van der Waals surface area contributed by atoms with Gasteiger partial charge in [0.2, 0.25) is 0 Å². The first kappa shape index (κ1) is 14.2. The summed E-state index contributed by atoms with van der Waals surface area (Å²) in [5, 5.41) is 3.57. The molecule has 0 amide bonds. The van der Waals surface area contributed by atoms with Crippen molar-refractivity contribution in [1.82, 2.24) is 5.32 Å². The number of benzene rings is 1. The molecule has 19 heavy (non-hydrogen) atoms. The summed E-state index contributed by atoms with van der Waals surface area (Å²) in [4.78, 5) is 0. The van der Waals surface area contributed by atoms with E-state index in [1.165, 1.54) is 24.0 Å². The van der Waals surface area contributed by atoms with Crippen molar-refractivity contribution in [2.45, 2.75) is 45.1 Å². The molecule has 3 nitrogen and oxygen atoms in total. The van der Waals surface area contributed by atoms with Crippen LogP contribution in [0.15, 0.2) is 12.1 Å². The highest BCUT2D eigenvalue weighted by molar-refractivity contribution is 5.51. The molecule has 106 valence electrons. The van der Waals surface area contributed by atoms with Crippen molar-refractivity contribution in [1.29, 1.82) is 0 Å². The third-order valence-corrected chi connectivity index (χ3v) is 4.00. The zero-order valence-electron chi connectivity index (χ0n) is 12.7. The zero-order valence-corrected chi connectivity index (χ0v) is 12.7. The number of hydrogen-bond acceptors (Lipinski definition) is 3. The maximum atomic E-state index is 5.44. The average molecular weight is 263 g/mol. The highest BCUT2D eigenvalue weighted by Gasteiger charge is 2.45. The van der Waals surface area contributed by atoms with Crippen LogP contribution < -0.4 is 14.8 Å². The summed E-state index contributed by atoms with van der Waals surface area (Å²) in [5.74, 6) is 1.65. The van der Waals surface area contributed by atoms with Gasteiger partial charge in [-0.25, -0.2) is 0 Å². The number of nitrogens with one attached hydrogen (secondary N) is 1. The molecule has 0 saturated heterocycles. The minimum Gasteiger partial charge on any atom is -0.493 e. The Hall–Kier alpha value is -1.22. The van der Waals surface area contributed by atoms with Crippen LogP contribution in [0.2, 0.25) is 0 Å². The van der Waals surface area contributed by atoms with Crippen LogP contribution in [0.3, 0.4) is 0 Å². The smallest absolute Gasteiger partial charge is 0.161 e. The summed E-state index contributed by atoms with van der Waals surface area (Å²) in [6.07, 6.45) is 2.51. The molecule has 2 rings (SSSR count). The van der Waals surface area contributed by atoms with Crippen molar-refractivity contribution in [3.8, 4) is 11.5 Å². The van der Waals surface area contributed by atoms with Gasteiger partial charge in [0.05, 0.1) is 14.2 Å². The molecule has 1 fully saturated rings. The fourth-order valence-corrected chi connectivity index (χ4v) is 2.64. The van der Waals surface area contributed by atoms with Crippen LogP contribution in [0.1, 0.15) is 37.8 Å². The van der Waals surface area contributed by atoms with Gasteiger partial charge in [0.1, 0.15) is 0 Å². The molecule has 0 atom stereocenters. The minimum absolute atomic E-state index is 0.300. The molecule has 0 spiro atoms. The maximum Gasteiger partial charge on any atom is 0.161 e. The summed E-state index contributed by atoms with van der Waals surface area (Å²) in [6, 6.07) is 4.77. The van der Waals surface area contributed by atoms with Crippen molar-refractivity contribution < 1.29 is 9.47 Å². The molecule has 1 saturated carbocycles. The van der Waals surface area contributed by atoms with Crippen molar-refractivity contribution in [3.63, 3.8) is 0 Å². The molecule has 0 bridgehead atoms. The van der Waals surface area contributed by atoms with Crippen molar-refractivity contribution in [2.75, 3.05) is 20.8 Å². The van der Waals surface area contributed by atoms with Gasteiger partial charge in [-0.1, -0.05) is 13.8 Å². The predicted octanol–water partition coefficient (Wildman–Crippen LogP) is 3.04. The van der Waals surface area contributed by atoms with Gasteiger partial charge < -0.3 is 14.8 Å². The number of rotatable bonds is 6. The minimum atomic E-state index is 0.300. The van der Waals surface area contributed by atoms with Gasteiger partial charge in [0, 0.05) is 18.0 Å². The van der Waals surface area contributed by atoms with E-state index in [9.17, 15) is 0 Å². The average Bonchev–Trinajstić information content (AvgIpc) is 3.17. The van der Waals surface area contributed by atoms with Crippen LogP contribution in [0, 0.1) is 6.92 Å². The van der Waals surface area contributed by atoms with E-state index in [2.05, 4.69) is 38.2 Å². The summed E-state index contributed by atoms with van der Waals surface area (Å²) < 4.78 is 10.8. The van der Waals surface area contributed by atoms with Crippen LogP contribution in [-0.2, 0) is 5.41 Å². The van der Waals surface area contributed by atoms with Gasteiger partial charge in [-0.15, -0.1) is 0 Å². The van der Waals surface area contributed by atoms with Crippen LogP contribution >= 0.6 is 0 Å². The Labute approximate surface area is 116 Å². The van der Waals surface area contributed by atoms with E-state index in [1.807, 2.05) is 0 Å². The lowest BCUT2D eigenvalue weighted by Crippen LogP contribution is -2.32. The topological polar surface area (TPSA) is 30.5 Å². The maximum absolute atomic E-state index is 5.44. The standard InChI is InChI=1S/C16H25NO2/c1-11(2)17-10-16(6-7-16)13-9-15(19-5)14(18-4)8-12(13)3/h8-9,11,17H,6-7,10H2,1-5H3. The molecule has 0 heterocycles. The molecule has 1 aliphatic rings. The Morgan fingerprint density at radius 1 is 1.16 bits per heavy atom. The van der Waals surface area contributed by atoms with Crippen LogP contribution in [0.5, 0.6) is 11.5 Å². The molecular formula is C16H25NO2. The third kappa shape index (κ3) is 2.86. The van der Waals surface area contributed by atoms with E-state index < -0.39 is 0 Å². The van der Waals surface area contributed by atoms with E-state index in [0.29, 0.717) is 11.5 Å². The van der Waals surface area contributed by atoms with Crippen LogP contribution in [0.4, 0.5) is 0 Å². The first-order valence-electron chi connectivity index (χ1n) is 6.99. The van der Waals surface area contributed by atoms with Gasteiger partial charge >= 0.3 is 0 Å². The Balaban J connectivity index is 2.29. The lowest BCUT2D eigenvalue weighted by molar-refractivity contribution is 0.353. The second kappa shape index (κ2) is 5.41. The third-order valence-electron chi connectivity index (χ3n) is 4.00. The van der Waals surface area contributed by atoms with Gasteiger partial charge in [-0.05, 0) is 43.0 Å². The van der Waals surface area contributed by atoms with Gasteiger partial charge in [0.15, 0.2) is 11.5 Å². The SMILES string of the molecule is COc1cc(C)c(C2(CNC(C)C)CC2)cc1OC. The lowest BCUT2D eigenvalue weighted by atomic mass is 9.91. The normalized spacial score (nSPS) is 16.5. The number of aryl methyl sites for hydroxylation is 1. The molecule has 1 aromatic rings. The largest absolute Gasteiger partial charge is 0.493 e. The van der Waals surface area contributed by atoms with E-state index in [4.69, 9.17) is 9.47 Å². The molecule has 0 radical (unpaired) electrons. The van der Waals surface area contributed by atoms with E-state index >= 15 is 0 Å². The number of methoxy groups -OCH3 is 2. The van der Waals surface area contributed by atoms with E-state index in [0.717, 1.165) is 18.0 Å². The summed E-state index contributed by atoms with van der Waals surface area (Å²) in [7, 11) is 3.38. The van der Waals surface area contributed by atoms with Gasteiger partial charge in [-0.3, -0.25) is 0 Å². The van der Waals surface area contributed by atoms with E-state index in [-0.39, 0.29) is 0 Å². The summed E-state index contributed by atoms with van der Waals surface area (Å²) in [6.45, 7) is 7.59. The Morgan fingerprint density at radius 3 is 2.21 bits per heavy atom. The van der Waals surface area contributed by atoms with Gasteiger partial charge in [0.25, 0.3) is 0 Å². The quantitative estimate of drug-likeness (QED) is 0.855. The predicted molar refractivity (Wildman–Crippen MR) is 78.3 cm³/mol. The van der Waals surface area contributed by atoms with Gasteiger partial charge in [-0.2, -0.15) is 0 Å².